The van der Waals surface area contributed by atoms with Crippen molar-refractivity contribution in [3.8, 4) is 0 Å². The van der Waals surface area contributed by atoms with Gasteiger partial charge in [-0.15, -0.1) is 0 Å². The van der Waals surface area contributed by atoms with Gasteiger partial charge in [0.15, 0.2) is 11.9 Å². The van der Waals surface area contributed by atoms with E-state index >= 15 is 0 Å². The number of rotatable bonds is 3. The van der Waals surface area contributed by atoms with Gasteiger partial charge in [0.2, 0.25) is 0 Å². The highest BCUT2D eigenvalue weighted by molar-refractivity contribution is 5.97. The Morgan fingerprint density at radius 3 is 2.76 bits per heavy atom. The van der Waals surface area contributed by atoms with Gasteiger partial charge in [0.1, 0.15) is 0 Å². The van der Waals surface area contributed by atoms with E-state index in [1.165, 1.54) is 0 Å². The monoisotopic (exact) mass is 291 g/mol. The molecule has 2 aliphatic carbocycles. The third-order valence-electron chi connectivity index (χ3n) is 6.08. The normalized spacial score (nSPS) is 44.5. The summed E-state index contributed by atoms with van der Waals surface area (Å²) >= 11 is 0. The number of ether oxygens (including phenoxy) is 1. The second kappa shape index (κ2) is 4.73. The first-order valence-corrected chi connectivity index (χ1v) is 7.68. The Hall–Kier alpha value is -1.55. The van der Waals surface area contributed by atoms with E-state index < -0.39 is 11.5 Å². The molecule has 0 aromatic heterocycles. The first-order valence-electron chi connectivity index (χ1n) is 7.68. The van der Waals surface area contributed by atoms with Crippen molar-refractivity contribution in [1.29, 1.82) is 0 Å². The Labute approximate surface area is 123 Å². The van der Waals surface area contributed by atoms with Crippen molar-refractivity contribution in [2.24, 2.45) is 40.1 Å². The molecule has 0 N–H and O–H groups in total. The molecule has 21 heavy (non-hydrogen) atoms. The summed E-state index contributed by atoms with van der Waals surface area (Å²) in [6.07, 6.45) is 1.08. The molecule has 6 heteroatoms. The minimum atomic E-state index is -0.601. The van der Waals surface area contributed by atoms with Crippen molar-refractivity contribution in [3.63, 3.8) is 0 Å². The predicted molar refractivity (Wildman–Crippen MR) is 75.0 cm³/mol. The summed E-state index contributed by atoms with van der Waals surface area (Å²) in [5.74, 6) is -0.0265. The summed E-state index contributed by atoms with van der Waals surface area (Å²) in [6.45, 7) is 6.38. The molecule has 0 unspecified atom stereocenters. The van der Waals surface area contributed by atoms with Crippen molar-refractivity contribution < 1.29 is 14.3 Å². The van der Waals surface area contributed by atoms with Gasteiger partial charge in [0.05, 0.1) is 5.92 Å². The lowest BCUT2D eigenvalue weighted by Crippen LogP contribution is -2.54. The van der Waals surface area contributed by atoms with Crippen LogP contribution in [0.4, 0.5) is 0 Å². The molecule has 3 fully saturated rings. The molecule has 0 amide bonds. The van der Waals surface area contributed by atoms with E-state index in [2.05, 4.69) is 23.9 Å². The SMILES string of the molecule is CC(C)[C@H]1[C@@H]2C(=O)O[C@H]1C(=O)[C@@]1(C)[C@@H](CN=[N+]=[N-])CC[C@@H]21. The van der Waals surface area contributed by atoms with Crippen LogP contribution in [-0.2, 0) is 14.3 Å². The van der Waals surface area contributed by atoms with Crippen molar-refractivity contribution in [2.45, 2.75) is 39.7 Å². The molecule has 6 nitrogen and oxygen atoms in total. The van der Waals surface area contributed by atoms with Crippen LogP contribution < -0.4 is 0 Å². The Bertz CT molecular complexity index is 540. The lowest BCUT2D eigenvalue weighted by Gasteiger charge is -2.44. The highest BCUT2D eigenvalue weighted by Gasteiger charge is 2.68. The van der Waals surface area contributed by atoms with Crippen LogP contribution in [0.25, 0.3) is 10.4 Å². The van der Waals surface area contributed by atoms with Gasteiger partial charge in [-0.3, -0.25) is 9.59 Å². The Morgan fingerprint density at radius 1 is 1.43 bits per heavy atom. The van der Waals surface area contributed by atoms with E-state index in [-0.39, 0.29) is 41.3 Å². The van der Waals surface area contributed by atoms with Crippen molar-refractivity contribution in [1.82, 2.24) is 0 Å². The third-order valence-corrected chi connectivity index (χ3v) is 6.08. The van der Waals surface area contributed by atoms with Gasteiger partial charge in [-0.1, -0.05) is 25.9 Å². The minimum Gasteiger partial charge on any atom is -0.454 e. The molecule has 0 aromatic rings. The fraction of sp³-hybridized carbons (Fsp3) is 0.867. The molecule has 2 saturated carbocycles. The lowest BCUT2D eigenvalue weighted by molar-refractivity contribution is -0.152. The van der Waals surface area contributed by atoms with E-state index in [0.717, 1.165) is 12.8 Å². The second-order valence-electron chi connectivity index (χ2n) is 7.15. The van der Waals surface area contributed by atoms with Crippen LogP contribution in [-0.4, -0.2) is 24.4 Å². The topological polar surface area (TPSA) is 92.1 Å². The summed E-state index contributed by atoms with van der Waals surface area (Å²) in [7, 11) is 0. The van der Waals surface area contributed by atoms with E-state index in [0.29, 0.717) is 6.54 Å². The number of hydrogen-bond donors (Lipinski definition) is 0. The largest absolute Gasteiger partial charge is 0.454 e. The highest BCUT2D eigenvalue weighted by atomic mass is 16.6. The second-order valence-corrected chi connectivity index (χ2v) is 7.15. The van der Waals surface area contributed by atoms with E-state index in [1.54, 1.807) is 0 Å². The molecule has 1 aliphatic heterocycles. The maximum absolute atomic E-state index is 13.0. The number of ketones is 1. The zero-order valence-corrected chi connectivity index (χ0v) is 12.7. The average Bonchev–Trinajstić information content (AvgIpc) is 2.92. The first-order chi connectivity index (χ1) is 9.92. The van der Waals surface area contributed by atoms with Crippen LogP contribution >= 0.6 is 0 Å². The molecule has 0 radical (unpaired) electrons. The standard InChI is InChI=1S/C15H21N3O3/c1-7(2)10-11-9-5-4-8(6-17-18-16)15(9,3)13(19)12(10)21-14(11)20/h7-12H,4-6H2,1-3H3/t8-,9+,10+,11-,12-,15+/m1/s1. The van der Waals surface area contributed by atoms with Crippen LogP contribution in [0.5, 0.6) is 0 Å². The highest BCUT2D eigenvalue weighted by Crippen LogP contribution is 2.61. The predicted octanol–water partition coefficient (Wildman–Crippen LogP) is 2.73. The molecular formula is C15H21N3O3. The fourth-order valence-corrected chi connectivity index (χ4v) is 4.99. The van der Waals surface area contributed by atoms with Crippen LogP contribution in [0, 0.1) is 35.0 Å². The lowest BCUT2D eigenvalue weighted by atomic mass is 9.55. The zero-order chi connectivity index (χ0) is 15.4. The molecule has 6 atom stereocenters. The van der Waals surface area contributed by atoms with Gasteiger partial charge in [-0.2, -0.15) is 0 Å². The van der Waals surface area contributed by atoms with Crippen LogP contribution in [0.3, 0.4) is 0 Å². The molecule has 114 valence electrons. The molecule has 1 heterocycles. The van der Waals surface area contributed by atoms with Gasteiger partial charge < -0.3 is 4.74 Å². The summed E-state index contributed by atoms with van der Waals surface area (Å²) in [4.78, 5) is 28.1. The van der Waals surface area contributed by atoms with Gasteiger partial charge in [-0.25, -0.2) is 0 Å². The van der Waals surface area contributed by atoms with Crippen molar-refractivity contribution in [2.75, 3.05) is 6.54 Å². The van der Waals surface area contributed by atoms with Gasteiger partial charge in [0.25, 0.3) is 0 Å². The number of carbonyl (C=O) groups excluding carboxylic acids is 2. The number of esters is 1. The maximum atomic E-state index is 13.0. The number of azide groups is 1. The van der Waals surface area contributed by atoms with Gasteiger partial charge >= 0.3 is 5.97 Å². The Balaban J connectivity index is 2.01. The molecule has 2 bridgehead atoms. The minimum absolute atomic E-state index is 0.00120. The van der Waals surface area contributed by atoms with Crippen molar-refractivity contribution in [3.05, 3.63) is 10.4 Å². The number of hydrogen-bond acceptors (Lipinski definition) is 4. The van der Waals surface area contributed by atoms with Crippen LogP contribution in [0.1, 0.15) is 33.6 Å². The molecule has 0 spiro atoms. The number of fused-ring (bicyclic) bond motifs is 4. The van der Waals surface area contributed by atoms with Crippen molar-refractivity contribution >= 4 is 11.8 Å². The number of carbonyl (C=O) groups is 2. The quantitative estimate of drug-likeness (QED) is 0.346. The molecule has 3 aliphatic rings. The smallest absolute Gasteiger partial charge is 0.310 e. The molecule has 0 aromatic carbocycles. The zero-order valence-electron chi connectivity index (χ0n) is 12.7. The molecular weight excluding hydrogens is 270 g/mol. The Morgan fingerprint density at radius 2 is 2.14 bits per heavy atom. The summed E-state index contributed by atoms with van der Waals surface area (Å²) in [6, 6.07) is 0. The van der Waals surface area contributed by atoms with Gasteiger partial charge in [-0.05, 0) is 36.1 Å². The fourth-order valence-electron chi connectivity index (χ4n) is 4.99. The van der Waals surface area contributed by atoms with Crippen LogP contribution in [0.15, 0.2) is 5.11 Å². The number of nitrogens with zero attached hydrogens (tertiary/aromatic N) is 3. The van der Waals surface area contributed by atoms with Crippen LogP contribution in [0.2, 0.25) is 0 Å². The van der Waals surface area contributed by atoms with E-state index in [4.69, 9.17) is 10.3 Å². The molecule has 1 saturated heterocycles. The molecule has 3 rings (SSSR count). The summed E-state index contributed by atoms with van der Waals surface area (Å²) in [5, 5.41) is 3.67. The number of Topliss-reactive ketones (excluding diaryl/α,β-unsaturated/α-hetero) is 1. The van der Waals surface area contributed by atoms with Gasteiger partial charge in [0, 0.05) is 22.8 Å². The van der Waals surface area contributed by atoms with E-state index in [9.17, 15) is 9.59 Å². The first kappa shape index (κ1) is 14.4. The maximum Gasteiger partial charge on any atom is 0.310 e. The summed E-state index contributed by atoms with van der Waals surface area (Å²) in [5.41, 5.74) is 7.96. The van der Waals surface area contributed by atoms with E-state index in [1.807, 2.05) is 6.92 Å². The average molecular weight is 291 g/mol. The Kier molecular flexibility index (Phi) is 3.24. The summed E-state index contributed by atoms with van der Waals surface area (Å²) < 4.78 is 5.43. The third kappa shape index (κ3) is 1.75.